The first-order valence-corrected chi connectivity index (χ1v) is 10.8. The van der Waals surface area contributed by atoms with E-state index in [1.807, 2.05) is 0 Å². The van der Waals surface area contributed by atoms with E-state index < -0.39 is 27.8 Å². The average molecular weight is 413 g/mol. The third-order valence-electron chi connectivity index (χ3n) is 4.28. The Morgan fingerprint density at radius 2 is 1.68 bits per heavy atom. The smallest absolute Gasteiger partial charge is 0.332 e. The molecular weight excluding hydrogens is 390 g/mol. The van der Waals surface area contributed by atoms with E-state index in [0.29, 0.717) is 18.0 Å². The molecule has 154 valence electrons. The molecule has 0 radical (unpaired) electrons. The zero-order valence-electron chi connectivity index (χ0n) is 15.7. The van der Waals surface area contributed by atoms with E-state index in [0.717, 1.165) is 6.26 Å². The van der Waals surface area contributed by atoms with E-state index in [1.165, 1.54) is 9.21 Å². The summed E-state index contributed by atoms with van der Waals surface area (Å²) in [5.74, 6) is 3.50. The van der Waals surface area contributed by atoms with Crippen LogP contribution < -0.4 is 0 Å². The van der Waals surface area contributed by atoms with Crippen LogP contribution in [0.2, 0.25) is 0 Å². The standard InChI is InChI=1S/C17H23N3O7S/c1-28(25,26)19-12-3-2-10-18(11-5-13-19)14(21)6-4-7-17(24)27-20-15(22)8-9-16(20)23/h4-13H2,1H3. The molecule has 0 aromatic heterocycles. The highest BCUT2D eigenvalue weighted by Crippen LogP contribution is 2.13. The predicted octanol–water partition coefficient (Wildman–Crippen LogP) is -0.739. The van der Waals surface area contributed by atoms with Gasteiger partial charge in [0.05, 0.1) is 19.3 Å². The largest absolute Gasteiger partial charge is 0.333 e. The van der Waals surface area contributed by atoms with Gasteiger partial charge in [-0.25, -0.2) is 13.2 Å². The van der Waals surface area contributed by atoms with Gasteiger partial charge in [0, 0.05) is 38.8 Å². The number of nitrogens with zero attached hydrogens (tertiary/aromatic N) is 3. The minimum absolute atomic E-state index is 0.0252. The minimum atomic E-state index is -3.34. The normalized spacial score (nSPS) is 18.8. The molecule has 11 heteroatoms. The molecule has 1 saturated heterocycles. The van der Waals surface area contributed by atoms with Crippen LogP contribution in [0, 0.1) is 11.8 Å². The van der Waals surface area contributed by atoms with Crippen molar-refractivity contribution < 1.29 is 32.4 Å². The van der Waals surface area contributed by atoms with E-state index >= 15 is 0 Å². The van der Waals surface area contributed by atoms with Crippen molar-refractivity contribution in [2.75, 3.05) is 32.4 Å². The topological polar surface area (TPSA) is 121 Å². The lowest BCUT2D eigenvalue weighted by atomic mass is 10.2. The molecule has 2 aliphatic rings. The van der Waals surface area contributed by atoms with Crippen molar-refractivity contribution in [3.05, 3.63) is 0 Å². The number of hydroxylamine groups is 2. The van der Waals surface area contributed by atoms with Crippen LogP contribution in [0.3, 0.4) is 0 Å². The molecule has 3 amide bonds. The maximum Gasteiger partial charge on any atom is 0.333 e. The number of amides is 3. The van der Waals surface area contributed by atoms with Crippen LogP contribution in [0.4, 0.5) is 0 Å². The molecule has 28 heavy (non-hydrogen) atoms. The van der Waals surface area contributed by atoms with Crippen molar-refractivity contribution in [1.29, 1.82) is 0 Å². The van der Waals surface area contributed by atoms with Crippen LogP contribution in [0.5, 0.6) is 0 Å². The zero-order chi connectivity index (χ0) is 20.7. The van der Waals surface area contributed by atoms with Gasteiger partial charge in [0.25, 0.3) is 11.8 Å². The first kappa shape index (κ1) is 21.8. The number of carbonyl (C=O) groups excluding carboxylic acids is 4. The SMILES string of the molecule is CS(=O)(=O)N1CC#CCN(C(=O)CCCC(=O)ON2C(=O)CCC2=O)CCC1. The van der Waals surface area contributed by atoms with Crippen LogP contribution in [0.15, 0.2) is 0 Å². The fourth-order valence-corrected chi connectivity index (χ4v) is 3.49. The summed E-state index contributed by atoms with van der Waals surface area (Å²) in [6, 6.07) is 0. The molecule has 1 fully saturated rings. The highest BCUT2D eigenvalue weighted by molar-refractivity contribution is 7.88. The highest BCUT2D eigenvalue weighted by Gasteiger charge is 2.32. The van der Waals surface area contributed by atoms with Crippen molar-refractivity contribution in [1.82, 2.24) is 14.3 Å². The van der Waals surface area contributed by atoms with E-state index in [-0.39, 0.29) is 57.6 Å². The quantitative estimate of drug-likeness (QED) is 0.415. The molecule has 0 saturated carbocycles. The Kier molecular flexibility index (Phi) is 7.53. The van der Waals surface area contributed by atoms with Crippen LogP contribution >= 0.6 is 0 Å². The highest BCUT2D eigenvalue weighted by atomic mass is 32.2. The van der Waals surface area contributed by atoms with E-state index in [9.17, 15) is 27.6 Å². The summed E-state index contributed by atoms with van der Waals surface area (Å²) in [5, 5.41) is 0.481. The second kappa shape index (κ2) is 9.66. The first-order valence-electron chi connectivity index (χ1n) is 8.93. The summed E-state index contributed by atoms with van der Waals surface area (Å²) in [6.07, 6.45) is 1.82. The molecule has 0 spiro atoms. The lowest BCUT2D eigenvalue weighted by Gasteiger charge is -2.21. The molecule has 0 atom stereocenters. The van der Waals surface area contributed by atoms with Gasteiger partial charge in [0.1, 0.15) is 0 Å². The summed E-state index contributed by atoms with van der Waals surface area (Å²) in [4.78, 5) is 53.1. The number of imide groups is 1. The van der Waals surface area contributed by atoms with Gasteiger partial charge in [-0.15, -0.1) is 5.06 Å². The maximum atomic E-state index is 12.3. The van der Waals surface area contributed by atoms with Crippen LogP contribution in [0.25, 0.3) is 0 Å². The first-order chi connectivity index (χ1) is 13.2. The molecule has 0 aromatic rings. The van der Waals surface area contributed by atoms with E-state index in [4.69, 9.17) is 4.84 Å². The number of hydrogen-bond donors (Lipinski definition) is 0. The van der Waals surface area contributed by atoms with Gasteiger partial charge in [-0.1, -0.05) is 11.8 Å². The average Bonchev–Trinajstić information content (AvgIpc) is 2.99. The van der Waals surface area contributed by atoms with Crippen molar-refractivity contribution in [3.63, 3.8) is 0 Å². The van der Waals surface area contributed by atoms with Gasteiger partial charge in [0.2, 0.25) is 15.9 Å². The van der Waals surface area contributed by atoms with Crippen LogP contribution in [-0.2, 0) is 34.0 Å². The van der Waals surface area contributed by atoms with Gasteiger partial charge in [-0.2, -0.15) is 4.31 Å². The zero-order valence-corrected chi connectivity index (χ0v) is 16.5. The van der Waals surface area contributed by atoms with Gasteiger partial charge in [0.15, 0.2) is 0 Å². The lowest BCUT2D eigenvalue weighted by Crippen LogP contribution is -2.35. The fraction of sp³-hybridized carbons (Fsp3) is 0.647. The summed E-state index contributed by atoms with van der Waals surface area (Å²) < 4.78 is 24.5. The van der Waals surface area contributed by atoms with Crippen LogP contribution in [-0.4, -0.2) is 78.8 Å². The predicted molar refractivity (Wildman–Crippen MR) is 96.4 cm³/mol. The molecular formula is C17H23N3O7S. The number of carbonyl (C=O) groups is 4. The summed E-state index contributed by atoms with van der Waals surface area (Å²) in [5.41, 5.74) is 0. The van der Waals surface area contributed by atoms with Crippen molar-refractivity contribution in [3.8, 4) is 11.8 Å². The summed E-state index contributed by atoms with van der Waals surface area (Å²) in [6.45, 7) is 0.931. The van der Waals surface area contributed by atoms with Crippen molar-refractivity contribution in [2.24, 2.45) is 0 Å². The van der Waals surface area contributed by atoms with Gasteiger partial charge < -0.3 is 9.74 Å². The Labute approximate surface area is 163 Å². The fourth-order valence-electron chi connectivity index (χ4n) is 2.73. The van der Waals surface area contributed by atoms with Crippen molar-refractivity contribution >= 4 is 33.7 Å². The molecule has 2 heterocycles. The van der Waals surface area contributed by atoms with Crippen LogP contribution in [0.1, 0.15) is 38.5 Å². The monoisotopic (exact) mass is 413 g/mol. The molecule has 0 aromatic carbocycles. The van der Waals surface area contributed by atoms with Crippen molar-refractivity contribution in [2.45, 2.75) is 38.5 Å². The Bertz CT molecular complexity index is 796. The van der Waals surface area contributed by atoms with Gasteiger partial charge in [-0.3, -0.25) is 14.4 Å². The minimum Gasteiger partial charge on any atom is -0.332 e. The van der Waals surface area contributed by atoms with E-state index in [1.54, 1.807) is 0 Å². The number of rotatable bonds is 6. The second-order valence-corrected chi connectivity index (χ2v) is 8.50. The molecule has 10 nitrogen and oxygen atoms in total. The molecule has 0 aliphatic carbocycles. The second-order valence-electron chi connectivity index (χ2n) is 6.52. The third-order valence-corrected chi connectivity index (χ3v) is 5.53. The Balaban J connectivity index is 1.76. The molecule has 0 N–H and O–H groups in total. The Hall–Kier alpha value is -2.45. The molecule has 0 bridgehead atoms. The number of hydrogen-bond acceptors (Lipinski definition) is 7. The van der Waals surface area contributed by atoms with Gasteiger partial charge in [-0.05, 0) is 12.8 Å². The number of sulfonamides is 1. The Morgan fingerprint density at radius 1 is 1.04 bits per heavy atom. The third kappa shape index (κ3) is 6.31. The van der Waals surface area contributed by atoms with E-state index in [2.05, 4.69) is 11.8 Å². The lowest BCUT2D eigenvalue weighted by molar-refractivity contribution is -0.197. The maximum absolute atomic E-state index is 12.3. The molecule has 2 aliphatic heterocycles. The Morgan fingerprint density at radius 3 is 2.32 bits per heavy atom. The molecule has 2 rings (SSSR count). The molecule has 0 unspecified atom stereocenters. The summed E-state index contributed by atoms with van der Waals surface area (Å²) in [7, 11) is -3.34. The summed E-state index contributed by atoms with van der Waals surface area (Å²) >= 11 is 0. The van der Waals surface area contributed by atoms with Gasteiger partial charge >= 0.3 is 5.97 Å².